The van der Waals surface area contributed by atoms with E-state index in [0.29, 0.717) is 6.10 Å². The first-order chi connectivity index (χ1) is 13.4. The number of hydrogen-bond donors (Lipinski definition) is 0. The van der Waals surface area contributed by atoms with Crippen molar-refractivity contribution in [2.75, 3.05) is 18.1 Å². The molecule has 1 heterocycles. The highest BCUT2D eigenvalue weighted by molar-refractivity contribution is 7.99. The molecule has 27 heavy (non-hydrogen) atoms. The number of ether oxygens (including phenoxy) is 1. The lowest BCUT2D eigenvalue weighted by Crippen LogP contribution is -2.18. The van der Waals surface area contributed by atoms with Crippen LogP contribution in [0.25, 0.3) is 0 Å². The van der Waals surface area contributed by atoms with Crippen LogP contribution < -0.4 is 0 Å². The molecule has 1 aliphatic heterocycles. The van der Waals surface area contributed by atoms with Gasteiger partial charge >= 0.3 is 0 Å². The Labute approximate surface area is 176 Å². The molecule has 1 nitrogen and oxygen atoms in total. The number of unbranched alkanes of at least 4 members (excludes halogenated alkanes) is 14. The third-order valence-electron chi connectivity index (χ3n) is 5.98. The summed E-state index contributed by atoms with van der Waals surface area (Å²) >= 11 is 2.19. The van der Waals surface area contributed by atoms with E-state index in [2.05, 4.69) is 18.7 Å². The zero-order valence-corrected chi connectivity index (χ0v) is 19.5. The van der Waals surface area contributed by atoms with Crippen LogP contribution in [0.3, 0.4) is 0 Å². The van der Waals surface area contributed by atoms with Crippen LogP contribution in [-0.4, -0.2) is 24.2 Å². The van der Waals surface area contributed by atoms with Gasteiger partial charge in [0.2, 0.25) is 0 Å². The third-order valence-corrected chi connectivity index (χ3v) is 7.14. The Morgan fingerprint density at radius 1 is 0.630 bits per heavy atom. The Morgan fingerprint density at radius 2 is 1.15 bits per heavy atom. The summed E-state index contributed by atoms with van der Waals surface area (Å²) in [4.78, 5) is 0. The lowest BCUT2D eigenvalue weighted by Gasteiger charge is -2.22. The summed E-state index contributed by atoms with van der Waals surface area (Å²) in [6, 6.07) is 0. The molecule has 0 aliphatic carbocycles. The highest BCUT2D eigenvalue weighted by atomic mass is 32.2. The van der Waals surface area contributed by atoms with Gasteiger partial charge in [-0.1, -0.05) is 96.8 Å². The Hall–Kier alpha value is 0.310. The quantitative estimate of drug-likeness (QED) is 0.189. The average Bonchev–Trinajstić information content (AvgIpc) is 2.70. The second-order valence-electron chi connectivity index (χ2n) is 8.69. The van der Waals surface area contributed by atoms with Crippen LogP contribution in [0, 0.1) is 0 Å². The molecule has 0 radical (unpaired) electrons. The monoisotopic (exact) mass is 398 g/mol. The first-order valence-electron chi connectivity index (χ1n) is 12.6. The van der Waals surface area contributed by atoms with Crippen molar-refractivity contribution in [3.05, 3.63) is 0 Å². The lowest BCUT2D eigenvalue weighted by molar-refractivity contribution is 0.00977. The van der Waals surface area contributed by atoms with Crippen LogP contribution in [0.5, 0.6) is 0 Å². The topological polar surface area (TPSA) is 9.23 Å². The molecule has 1 saturated heterocycles. The molecule has 0 amide bonds. The minimum atomic E-state index is 0.600. The average molecular weight is 399 g/mol. The van der Waals surface area contributed by atoms with E-state index >= 15 is 0 Å². The lowest BCUT2D eigenvalue weighted by atomic mass is 10.0. The van der Waals surface area contributed by atoms with Crippen molar-refractivity contribution in [2.45, 2.75) is 141 Å². The molecule has 2 heteroatoms. The van der Waals surface area contributed by atoms with Gasteiger partial charge in [-0.25, -0.2) is 0 Å². The summed E-state index contributed by atoms with van der Waals surface area (Å²) in [5, 5.41) is 0. The predicted molar refractivity (Wildman–Crippen MR) is 125 cm³/mol. The van der Waals surface area contributed by atoms with Crippen molar-refractivity contribution in [2.24, 2.45) is 0 Å². The number of rotatable bonds is 20. The zero-order chi connectivity index (χ0) is 19.3. The molecule has 0 bridgehead atoms. The summed E-state index contributed by atoms with van der Waals surface area (Å²) in [6.45, 7) is 3.31. The van der Waals surface area contributed by atoms with E-state index in [1.54, 1.807) is 0 Å². The summed E-state index contributed by atoms with van der Waals surface area (Å²) in [6.07, 6.45) is 29.1. The van der Waals surface area contributed by atoms with E-state index in [1.807, 2.05) is 0 Å². The minimum Gasteiger partial charge on any atom is -0.378 e. The van der Waals surface area contributed by atoms with Crippen molar-refractivity contribution >= 4 is 11.8 Å². The molecule has 0 N–H and O–H groups in total. The fourth-order valence-corrected chi connectivity index (χ4v) is 5.13. The molecule has 0 aromatic heterocycles. The second-order valence-corrected chi connectivity index (χ2v) is 9.92. The van der Waals surface area contributed by atoms with Crippen molar-refractivity contribution in [1.82, 2.24) is 0 Å². The SMILES string of the molecule is CCCCCCSCCCCCCCCCCCCCCC1CCCCO1. The van der Waals surface area contributed by atoms with E-state index in [4.69, 9.17) is 4.74 Å². The molecule has 1 rings (SSSR count). The first kappa shape index (κ1) is 25.3. The van der Waals surface area contributed by atoms with Gasteiger partial charge in [0.15, 0.2) is 0 Å². The fourth-order valence-electron chi connectivity index (χ4n) is 4.11. The van der Waals surface area contributed by atoms with Crippen molar-refractivity contribution in [3.63, 3.8) is 0 Å². The molecule has 0 saturated carbocycles. The molecule has 0 aromatic rings. The highest BCUT2D eigenvalue weighted by Gasteiger charge is 2.12. The summed E-state index contributed by atoms with van der Waals surface area (Å²) in [7, 11) is 0. The Bertz CT molecular complexity index is 275. The molecule has 162 valence electrons. The Morgan fingerprint density at radius 3 is 1.67 bits per heavy atom. The summed E-state index contributed by atoms with van der Waals surface area (Å²) in [5.41, 5.74) is 0. The summed E-state index contributed by atoms with van der Waals surface area (Å²) < 4.78 is 5.81. The standard InChI is InChI=1S/C25H50OS/c1-2-3-4-18-23-27-24-19-14-12-10-8-6-5-7-9-11-13-15-20-25-21-16-17-22-26-25/h25H,2-24H2,1H3. The van der Waals surface area contributed by atoms with Gasteiger partial charge in [-0.2, -0.15) is 11.8 Å². The van der Waals surface area contributed by atoms with Gasteiger partial charge in [0, 0.05) is 6.61 Å². The first-order valence-corrected chi connectivity index (χ1v) is 13.8. The maximum atomic E-state index is 5.81. The number of hydrogen-bond acceptors (Lipinski definition) is 2. The highest BCUT2D eigenvalue weighted by Crippen LogP contribution is 2.19. The molecule has 1 fully saturated rings. The van der Waals surface area contributed by atoms with E-state index < -0.39 is 0 Å². The smallest absolute Gasteiger partial charge is 0.0575 e. The fraction of sp³-hybridized carbons (Fsp3) is 1.00. The van der Waals surface area contributed by atoms with Crippen LogP contribution in [0.15, 0.2) is 0 Å². The maximum Gasteiger partial charge on any atom is 0.0575 e. The molecule has 0 spiro atoms. The maximum absolute atomic E-state index is 5.81. The van der Waals surface area contributed by atoms with E-state index in [-0.39, 0.29) is 0 Å². The van der Waals surface area contributed by atoms with E-state index in [1.165, 1.54) is 140 Å². The number of thioether (sulfide) groups is 1. The van der Waals surface area contributed by atoms with Crippen molar-refractivity contribution < 1.29 is 4.74 Å². The van der Waals surface area contributed by atoms with Gasteiger partial charge in [-0.15, -0.1) is 0 Å². The third kappa shape index (κ3) is 18.1. The molecule has 1 unspecified atom stereocenters. The molecule has 1 atom stereocenters. The molecule has 0 aromatic carbocycles. The summed E-state index contributed by atoms with van der Waals surface area (Å²) in [5.74, 6) is 2.80. The van der Waals surface area contributed by atoms with E-state index in [9.17, 15) is 0 Å². The van der Waals surface area contributed by atoms with Gasteiger partial charge in [-0.3, -0.25) is 0 Å². The molecular weight excluding hydrogens is 348 g/mol. The predicted octanol–water partition coefficient (Wildman–Crippen LogP) is 8.94. The van der Waals surface area contributed by atoms with Crippen LogP contribution in [0.4, 0.5) is 0 Å². The van der Waals surface area contributed by atoms with Gasteiger partial charge in [0.1, 0.15) is 0 Å². The van der Waals surface area contributed by atoms with Crippen LogP contribution >= 0.6 is 11.8 Å². The van der Waals surface area contributed by atoms with Gasteiger partial charge < -0.3 is 4.74 Å². The Balaban J connectivity index is 1.64. The molecule has 1 aliphatic rings. The van der Waals surface area contributed by atoms with Crippen molar-refractivity contribution in [3.8, 4) is 0 Å². The molecular formula is C25H50OS. The zero-order valence-electron chi connectivity index (χ0n) is 18.7. The second kappa shape index (κ2) is 21.0. The van der Waals surface area contributed by atoms with Gasteiger partial charge in [0.05, 0.1) is 6.10 Å². The van der Waals surface area contributed by atoms with Crippen LogP contribution in [-0.2, 0) is 4.74 Å². The Kier molecular flexibility index (Phi) is 19.7. The normalized spacial score (nSPS) is 17.4. The van der Waals surface area contributed by atoms with Gasteiger partial charge in [0.25, 0.3) is 0 Å². The van der Waals surface area contributed by atoms with Crippen LogP contribution in [0.1, 0.15) is 135 Å². The van der Waals surface area contributed by atoms with Crippen molar-refractivity contribution in [1.29, 1.82) is 0 Å². The minimum absolute atomic E-state index is 0.600. The largest absolute Gasteiger partial charge is 0.378 e. The van der Waals surface area contributed by atoms with E-state index in [0.717, 1.165) is 6.61 Å². The van der Waals surface area contributed by atoms with Gasteiger partial charge in [-0.05, 0) is 50.0 Å². The van der Waals surface area contributed by atoms with Crippen LogP contribution in [0.2, 0.25) is 0 Å².